The quantitative estimate of drug-likeness (QED) is 0.239. The first-order chi connectivity index (χ1) is 18.4. The third-order valence-corrected chi connectivity index (χ3v) is 8.43. The molecular formula is C26H23N3O8S2. The molecule has 202 valence electrons. The van der Waals surface area contributed by atoms with E-state index in [4.69, 9.17) is 0 Å². The van der Waals surface area contributed by atoms with Crippen molar-refractivity contribution in [3.8, 4) is 0 Å². The monoisotopic (exact) mass is 569 g/mol. The zero-order valence-corrected chi connectivity index (χ0v) is 22.0. The molecule has 13 heteroatoms. The van der Waals surface area contributed by atoms with Gasteiger partial charge in [-0.1, -0.05) is 49.6 Å². The zero-order chi connectivity index (χ0) is 27.9. The highest BCUT2D eigenvalue weighted by Crippen LogP contribution is 2.20. The molecule has 0 amide bonds. The zero-order valence-electron chi connectivity index (χ0n) is 20.4. The van der Waals surface area contributed by atoms with Gasteiger partial charge < -0.3 is 0 Å². The average Bonchev–Trinajstić information content (AvgIpc) is 2.90. The van der Waals surface area contributed by atoms with E-state index in [0.29, 0.717) is 0 Å². The van der Waals surface area contributed by atoms with Gasteiger partial charge in [0.05, 0.1) is 32.4 Å². The summed E-state index contributed by atoms with van der Waals surface area (Å²) in [5.74, 6) is 0. The van der Waals surface area contributed by atoms with Crippen LogP contribution in [0.1, 0.15) is 32.1 Å². The maximum atomic E-state index is 13.7. The van der Waals surface area contributed by atoms with Crippen molar-refractivity contribution in [3.63, 3.8) is 0 Å². The van der Waals surface area contributed by atoms with Gasteiger partial charge in [0.1, 0.15) is 10.3 Å². The van der Waals surface area contributed by atoms with Crippen LogP contribution in [0.5, 0.6) is 0 Å². The standard InChI is InChI=1S/C26H23N3O8S2/c30-25-18-11-4-5-12-19(18)26(31)23-22(25)20(27-15-7-2-1-3-8-15)14-21(39(35,36)37)24(23)29-28-16-9-6-10-17(13-16)38(32,33)34/h4-6,9-15,28H,1-3,7-8H2,(H,32,33,34)(H,35,36,37). The van der Waals surface area contributed by atoms with Gasteiger partial charge in [-0.2, -0.15) is 21.9 Å². The van der Waals surface area contributed by atoms with Crippen molar-refractivity contribution in [1.82, 2.24) is 0 Å². The van der Waals surface area contributed by atoms with Crippen LogP contribution < -0.4 is 27.0 Å². The second kappa shape index (κ2) is 10.1. The van der Waals surface area contributed by atoms with Crippen molar-refractivity contribution in [2.45, 2.75) is 47.9 Å². The molecule has 11 nitrogen and oxygen atoms in total. The van der Waals surface area contributed by atoms with Crippen molar-refractivity contribution in [2.24, 2.45) is 10.1 Å². The van der Waals surface area contributed by atoms with Gasteiger partial charge in [-0.05, 0) is 37.1 Å². The van der Waals surface area contributed by atoms with Gasteiger partial charge in [-0.25, -0.2) is 0 Å². The van der Waals surface area contributed by atoms with Crippen molar-refractivity contribution in [1.29, 1.82) is 0 Å². The van der Waals surface area contributed by atoms with Crippen LogP contribution >= 0.6 is 0 Å². The SMILES string of the molecule is O=c1c2c(=NC3CCCCC3)cc(S(=O)(=O)O)c(=NNc3cccc(S(=O)(=O)O)c3)c=2c(=O)c2ccccc12. The van der Waals surface area contributed by atoms with E-state index in [-0.39, 0.29) is 38.3 Å². The predicted octanol–water partition coefficient (Wildman–Crippen LogP) is 1.82. The van der Waals surface area contributed by atoms with Crippen LogP contribution in [0.4, 0.5) is 5.69 Å². The summed E-state index contributed by atoms with van der Waals surface area (Å²) in [4.78, 5) is 30.9. The summed E-state index contributed by atoms with van der Waals surface area (Å²) in [6.07, 6.45) is 4.32. The topological polar surface area (TPSA) is 180 Å². The molecule has 5 rings (SSSR count). The van der Waals surface area contributed by atoms with E-state index in [1.54, 1.807) is 12.1 Å². The molecule has 1 fully saturated rings. The van der Waals surface area contributed by atoms with Gasteiger partial charge >= 0.3 is 0 Å². The minimum absolute atomic E-state index is 0.0196. The molecular weight excluding hydrogens is 546 g/mol. The lowest BCUT2D eigenvalue weighted by molar-refractivity contribution is 0.437. The minimum atomic E-state index is -4.98. The molecule has 0 heterocycles. The lowest BCUT2D eigenvalue weighted by atomic mass is 9.96. The van der Waals surface area contributed by atoms with Crippen LogP contribution in [0.25, 0.3) is 10.8 Å². The van der Waals surface area contributed by atoms with E-state index in [0.717, 1.165) is 50.3 Å². The number of fused-ring (bicyclic) bond motifs is 1. The van der Waals surface area contributed by atoms with Gasteiger partial charge in [0, 0.05) is 10.8 Å². The molecule has 0 aromatic heterocycles. The number of hydrogen-bond acceptors (Lipinski definition) is 9. The van der Waals surface area contributed by atoms with Crippen molar-refractivity contribution in [2.75, 3.05) is 5.43 Å². The van der Waals surface area contributed by atoms with Gasteiger partial charge in [0.15, 0.2) is 10.9 Å². The Kier molecular flexibility index (Phi) is 6.93. The van der Waals surface area contributed by atoms with Crippen molar-refractivity contribution < 1.29 is 25.9 Å². The summed E-state index contributed by atoms with van der Waals surface area (Å²) in [5.41, 5.74) is 1.27. The maximum Gasteiger partial charge on any atom is 0.296 e. The second-order valence-corrected chi connectivity index (χ2v) is 12.1. The molecule has 2 aromatic carbocycles. The van der Waals surface area contributed by atoms with Crippen LogP contribution in [0, 0.1) is 10.4 Å². The van der Waals surface area contributed by atoms with E-state index in [1.165, 1.54) is 24.3 Å². The molecule has 0 bridgehead atoms. The Labute approximate surface area is 222 Å². The highest BCUT2D eigenvalue weighted by Gasteiger charge is 2.21. The number of anilines is 1. The molecule has 0 atom stereocenters. The predicted molar refractivity (Wildman–Crippen MR) is 142 cm³/mol. The van der Waals surface area contributed by atoms with Crippen LogP contribution in [0.2, 0.25) is 0 Å². The van der Waals surface area contributed by atoms with Crippen LogP contribution in [0.15, 0.2) is 84.1 Å². The Hall–Kier alpha value is -3.78. The number of rotatable bonds is 5. The van der Waals surface area contributed by atoms with Gasteiger partial charge in [-0.3, -0.25) is 29.1 Å². The van der Waals surface area contributed by atoms with Crippen LogP contribution in [0.3, 0.4) is 0 Å². The second-order valence-electron chi connectivity index (χ2n) is 9.32. The fourth-order valence-corrected chi connectivity index (χ4v) is 6.08. The summed E-state index contributed by atoms with van der Waals surface area (Å²) < 4.78 is 67.6. The molecule has 0 aliphatic heterocycles. The highest BCUT2D eigenvalue weighted by molar-refractivity contribution is 7.86. The number of benzene rings is 2. The summed E-state index contributed by atoms with van der Waals surface area (Å²) in [6, 6.07) is 11.8. The number of nitrogens with one attached hydrogen (secondary N) is 1. The van der Waals surface area contributed by atoms with Gasteiger partial charge in [0.2, 0.25) is 0 Å². The highest BCUT2D eigenvalue weighted by atomic mass is 32.2. The van der Waals surface area contributed by atoms with E-state index in [9.17, 15) is 35.5 Å². The minimum Gasteiger partial charge on any atom is -0.288 e. The number of hydrogen-bond donors (Lipinski definition) is 3. The smallest absolute Gasteiger partial charge is 0.288 e. The normalized spacial score (nSPS) is 16.3. The van der Waals surface area contributed by atoms with Crippen LogP contribution in [-0.4, -0.2) is 32.0 Å². The molecule has 1 saturated carbocycles. The first kappa shape index (κ1) is 26.8. The molecule has 0 saturated heterocycles. The van der Waals surface area contributed by atoms with E-state index in [1.807, 2.05) is 0 Å². The lowest BCUT2D eigenvalue weighted by Crippen LogP contribution is -2.34. The molecule has 39 heavy (non-hydrogen) atoms. The summed E-state index contributed by atoms with van der Waals surface area (Å²) in [6.45, 7) is 0. The third kappa shape index (κ3) is 5.26. The van der Waals surface area contributed by atoms with Crippen molar-refractivity contribution in [3.05, 3.63) is 96.2 Å². The summed E-state index contributed by atoms with van der Waals surface area (Å²) in [7, 11) is -9.53. The third-order valence-electron chi connectivity index (χ3n) is 6.72. The Bertz CT molecular complexity index is 2130. The fraction of sp³-hybridized carbons (Fsp3) is 0.231. The Morgan fingerprint density at radius 3 is 2.03 bits per heavy atom. The van der Waals surface area contributed by atoms with Gasteiger partial charge in [-0.15, -0.1) is 0 Å². The van der Waals surface area contributed by atoms with Crippen molar-refractivity contribution >= 4 is 36.7 Å². The molecule has 3 aliphatic carbocycles. The fourth-order valence-electron chi connectivity index (χ4n) is 4.90. The van der Waals surface area contributed by atoms with Crippen LogP contribution in [-0.2, 0) is 20.2 Å². The molecule has 3 N–H and O–H groups in total. The van der Waals surface area contributed by atoms with Gasteiger partial charge in [0.25, 0.3) is 20.2 Å². The Morgan fingerprint density at radius 1 is 0.769 bits per heavy atom. The average molecular weight is 570 g/mol. The Balaban J connectivity index is 1.94. The Morgan fingerprint density at radius 2 is 1.41 bits per heavy atom. The maximum absolute atomic E-state index is 13.7. The molecule has 0 radical (unpaired) electrons. The summed E-state index contributed by atoms with van der Waals surface area (Å²) >= 11 is 0. The molecule has 0 unspecified atom stereocenters. The van der Waals surface area contributed by atoms with E-state index < -0.39 is 46.2 Å². The molecule has 2 aromatic rings. The number of nitrogens with zero attached hydrogens (tertiary/aromatic N) is 2. The molecule has 3 aliphatic rings. The first-order valence-corrected chi connectivity index (χ1v) is 15.0. The largest absolute Gasteiger partial charge is 0.296 e. The van der Waals surface area contributed by atoms with E-state index in [2.05, 4.69) is 15.5 Å². The molecule has 0 spiro atoms. The first-order valence-electron chi connectivity index (χ1n) is 12.1. The summed E-state index contributed by atoms with van der Waals surface area (Å²) in [5, 5.41) is 3.20. The lowest BCUT2D eigenvalue weighted by Gasteiger charge is -2.17. The van der Waals surface area contributed by atoms with E-state index >= 15 is 0 Å².